The van der Waals surface area contributed by atoms with E-state index in [0.29, 0.717) is 6.54 Å². The smallest absolute Gasteiger partial charge is 0.211 e. The van der Waals surface area contributed by atoms with Crippen molar-refractivity contribution in [1.29, 1.82) is 0 Å². The van der Waals surface area contributed by atoms with Crippen LogP contribution in [0.2, 0.25) is 0 Å². The molecule has 14 heavy (non-hydrogen) atoms. The Balaban J connectivity index is 2.50. The Morgan fingerprint density at radius 3 is 2.71 bits per heavy atom. The van der Waals surface area contributed by atoms with Crippen LogP contribution in [-0.4, -0.2) is 56.4 Å². The maximum atomic E-state index is 11.3. The monoisotopic (exact) mass is 222 g/mol. The molecule has 1 fully saturated rings. The molecule has 0 radical (unpaired) electrons. The van der Waals surface area contributed by atoms with E-state index >= 15 is 0 Å². The minimum absolute atomic E-state index is 0.125. The highest BCUT2D eigenvalue weighted by atomic mass is 32.2. The van der Waals surface area contributed by atoms with Gasteiger partial charge in [0.25, 0.3) is 0 Å². The van der Waals surface area contributed by atoms with Crippen LogP contribution in [0.25, 0.3) is 0 Å². The maximum Gasteiger partial charge on any atom is 0.211 e. The van der Waals surface area contributed by atoms with Gasteiger partial charge in [0.1, 0.15) is 0 Å². The van der Waals surface area contributed by atoms with Gasteiger partial charge < -0.3 is 10.4 Å². The van der Waals surface area contributed by atoms with E-state index < -0.39 is 10.0 Å². The van der Waals surface area contributed by atoms with E-state index in [-0.39, 0.29) is 19.2 Å². The molecule has 1 heterocycles. The third-order valence-electron chi connectivity index (χ3n) is 2.40. The Morgan fingerprint density at radius 2 is 2.29 bits per heavy atom. The molecule has 0 amide bonds. The molecule has 84 valence electrons. The van der Waals surface area contributed by atoms with E-state index in [1.165, 1.54) is 10.6 Å². The van der Waals surface area contributed by atoms with Crippen LogP contribution in [0.5, 0.6) is 0 Å². The number of aliphatic hydroxyl groups is 1. The zero-order chi connectivity index (χ0) is 10.6. The van der Waals surface area contributed by atoms with Crippen LogP contribution in [0.3, 0.4) is 0 Å². The molecule has 1 unspecified atom stereocenters. The number of hydrogen-bond donors (Lipinski definition) is 2. The molecule has 0 aromatic heterocycles. The largest absolute Gasteiger partial charge is 0.395 e. The summed E-state index contributed by atoms with van der Waals surface area (Å²) in [6, 6.07) is 0.247. The number of nitrogens with zero attached hydrogens (tertiary/aromatic N) is 1. The van der Waals surface area contributed by atoms with Crippen LogP contribution < -0.4 is 5.32 Å². The minimum Gasteiger partial charge on any atom is -0.395 e. The lowest BCUT2D eigenvalue weighted by molar-refractivity contribution is 0.247. The Labute approximate surface area is 85.2 Å². The van der Waals surface area contributed by atoms with Crippen LogP contribution in [0.1, 0.15) is 12.8 Å². The Kier molecular flexibility index (Phi) is 4.31. The third kappa shape index (κ3) is 3.53. The second-order valence-electron chi connectivity index (χ2n) is 3.64. The summed E-state index contributed by atoms with van der Waals surface area (Å²) in [4.78, 5) is 0. The van der Waals surface area contributed by atoms with Gasteiger partial charge in [-0.2, -0.15) is 4.31 Å². The summed E-state index contributed by atoms with van der Waals surface area (Å²) in [5.74, 6) is 0. The zero-order valence-corrected chi connectivity index (χ0v) is 9.26. The zero-order valence-electron chi connectivity index (χ0n) is 8.44. The van der Waals surface area contributed by atoms with Gasteiger partial charge in [-0.15, -0.1) is 0 Å². The molecule has 1 rings (SSSR count). The lowest BCUT2D eigenvalue weighted by Crippen LogP contribution is -2.41. The summed E-state index contributed by atoms with van der Waals surface area (Å²) in [6.45, 7) is 1.50. The summed E-state index contributed by atoms with van der Waals surface area (Å²) < 4.78 is 23.9. The van der Waals surface area contributed by atoms with Crippen molar-refractivity contribution >= 4 is 10.0 Å². The van der Waals surface area contributed by atoms with Crippen molar-refractivity contribution in [3.63, 3.8) is 0 Å². The molecule has 0 bridgehead atoms. The summed E-state index contributed by atoms with van der Waals surface area (Å²) in [6.07, 6.45) is 3.29. The highest BCUT2D eigenvalue weighted by molar-refractivity contribution is 7.88. The molecule has 1 atom stereocenters. The molecule has 0 aliphatic carbocycles. The van der Waals surface area contributed by atoms with E-state index in [4.69, 9.17) is 5.11 Å². The predicted octanol–water partition coefficient (Wildman–Crippen LogP) is -1.01. The van der Waals surface area contributed by atoms with Gasteiger partial charge in [0, 0.05) is 19.1 Å². The van der Waals surface area contributed by atoms with Crippen molar-refractivity contribution in [2.24, 2.45) is 0 Å². The van der Waals surface area contributed by atoms with Gasteiger partial charge in [-0.05, 0) is 19.4 Å². The number of aliphatic hydroxyl groups excluding tert-OH is 1. The first-order chi connectivity index (χ1) is 6.54. The number of nitrogens with one attached hydrogen (secondary N) is 1. The van der Waals surface area contributed by atoms with Gasteiger partial charge in [-0.1, -0.05) is 0 Å². The van der Waals surface area contributed by atoms with Gasteiger partial charge >= 0.3 is 0 Å². The Hall–Kier alpha value is -0.170. The molecular weight excluding hydrogens is 204 g/mol. The summed E-state index contributed by atoms with van der Waals surface area (Å²) in [5.41, 5.74) is 0. The summed E-state index contributed by atoms with van der Waals surface area (Å²) in [5, 5.41) is 12.0. The first-order valence-corrected chi connectivity index (χ1v) is 6.68. The van der Waals surface area contributed by atoms with Crippen LogP contribution in [0.4, 0.5) is 0 Å². The molecule has 0 aromatic rings. The van der Waals surface area contributed by atoms with Crippen molar-refractivity contribution in [3.05, 3.63) is 0 Å². The summed E-state index contributed by atoms with van der Waals surface area (Å²) >= 11 is 0. The normalized spacial score (nSPS) is 23.2. The van der Waals surface area contributed by atoms with E-state index in [9.17, 15) is 8.42 Å². The predicted molar refractivity (Wildman–Crippen MR) is 54.5 cm³/mol. The first-order valence-electron chi connectivity index (χ1n) is 4.83. The van der Waals surface area contributed by atoms with Gasteiger partial charge in [0.15, 0.2) is 0 Å². The standard InChI is InChI=1S/C8H18N2O3S/c1-14(12,13)10(5-6-11)7-8-3-2-4-9-8/h8-9,11H,2-7H2,1H3. The van der Waals surface area contributed by atoms with E-state index in [1.807, 2.05) is 0 Å². The first kappa shape index (κ1) is 11.9. The fourth-order valence-electron chi connectivity index (χ4n) is 1.66. The van der Waals surface area contributed by atoms with Gasteiger partial charge in [-0.3, -0.25) is 0 Å². The quantitative estimate of drug-likeness (QED) is 0.625. The van der Waals surface area contributed by atoms with E-state index in [0.717, 1.165) is 19.4 Å². The SMILES string of the molecule is CS(=O)(=O)N(CCO)CC1CCCN1. The molecule has 0 aromatic carbocycles. The Bertz CT molecular complexity index is 260. The number of rotatable bonds is 5. The van der Waals surface area contributed by atoms with Gasteiger partial charge in [0.2, 0.25) is 10.0 Å². The average molecular weight is 222 g/mol. The molecule has 0 spiro atoms. The second-order valence-corrected chi connectivity index (χ2v) is 5.62. The fourth-order valence-corrected chi connectivity index (χ4v) is 2.53. The molecule has 6 heteroatoms. The van der Waals surface area contributed by atoms with Crippen LogP contribution in [-0.2, 0) is 10.0 Å². The maximum absolute atomic E-state index is 11.3. The van der Waals surface area contributed by atoms with Crippen molar-refractivity contribution in [3.8, 4) is 0 Å². The highest BCUT2D eigenvalue weighted by Gasteiger charge is 2.22. The van der Waals surface area contributed by atoms with Crippen molar-refractivity contribution in [2.75, 3.05) is 32.5 Å². The van der Waals surface area contributed by atoms with Crippen LogP contribution >= 0.6 is 0 Å². The molecule has 1 aliphatic heterocycles. The molecule has 5 nitrogen and oxygen atoms in total. The van der Waals surface area contributed by atoms with Crippen LogP contribution in [0.15, 0.2) is 0 Å². The number of sulfonamides is 1. The van der Waals surface area contributed by atoms with E-state index in [2.05, 4.69) is 5.32 Å². The van der Waals surface area contributed by atoms with Crippen LogP contribution in [0, 0.1) is 0 Å². The third-order valence-corrected chi connectivity index (χ3v) is 3.67. The molecule has 0 saturated carbocycles. The molecular formula is C8H18N2O3S. The van der Waals surface area contributed by atoms with Crippen molar-refractivity contribution < 1.29 is 13.5 Å². The average Bonchev–Trinajstić information content (AvgIpc) is 2.54. The van der Waals surface area contributed by atoms with Crippen molar-refractivity contribution in [2.45, 2.75) is 18.9 Å². The lowest BCUT2D eigenvalue weighted by atomic mass is 10.2. The molecule has 1 aliphatic rings. The van der Waals surface area contributed by atoms with Gasteiger partial charge in [0.05, 0.1) is 12.9 Å². The summed E-state index contributed by atoms with van der Waals surface area (Å²) in [7, 11) is -3.18. The minimum atomic E-state index is -3.18. The Morgan fingerprint density at radius 1 is 1.57 bits per heavy atom. The second kappa shape index (κ2) is 5.06. The topological polar surface area (TPSA) is 69.6 Å². The van der Waals surface area contributed by atoms with Gasteiger partial charge in [-0.25, -0.2) is 8.42 Å². The highest BCUT2D eigenvalue weighted by Crippen LogP contribution is 2.08. The molecule has 1 saturated heterocycles. The van der Waals surface area contributed by atoms with Crippen molar-refractivity contribution in [1.82, 2.24) is 9.62 Å². The lowest BCUT2D eigenvalue weighted by Gasteiger charge is -2.22. The fraction of sp³-hybridized carbons (Fsp3) is 1.00. The number of hydrogen-bond acceptors (Lipinski definition) is 4. The molecule has 2 N–H and O–H groups in total. The van der Waals surface area contributed by atoms with E-state index in [1.54, 1.807) is 0 Å².